The molecule has 3 heteroatoms. The third-order valence-electron chi connectivity index (χ3n) is 2.55. The highest BCUT2D eigenvalue weighted by atomic mass is 15.0. The Labute approximate surface area is 101 Å². The zero-order chi connectivity index (χ0) is 12.3. The fourth-order valence-corrected chi connectivity index (χ4v) is 1.69. The quantitative estimate of drug-likeness (QED) is 0.816. The van der Waals surface area contributed by atoms with Gasteiger partial charge in [-0.25, -0.2) is 9.97 Å². The van der Waals surface area contributed by atoms with Crippen molar-refractivity contribution in [3.05, 3.63) is 30.0 Å². The zero-order valence-corrected chi connectivity index (χ0v) is 10.1. The maximum Gasteiger partial charge on any atom is 0.148 e. The molecule has 0 aliphatic rings. The summed E-state index contributed by atoms with van der Waals surface area (Å²) >= 11 is 0. The monoisotopic (exact) mass is 225 g/mol. The minimum absolute atomic E-state index is 0.203. The van der Waals surface area contributed by atoms with Gasteiger partial charge in [-0.3, -0.25) is 0 Å². The van der Waals surface area contributed by atoms with Crippen LogP contribution in [0.4, 0.5) is 5.82 Å². The average molecular weight is 225 g/mol. The highest BCUT2D eigenvalue weighted by Crippen LogP contribution is 2.16. The van der Waals surface area contributed by atoms with E-state index < -0.39 is 0 Å². The molecule has 86 valence electrons. The van der Waals surface area contributed by atoms with Gasteiger partial charge in [-0.05, 0) is 26.0 Å². The molecule has 1 aromatic heterocycles. The number of aryl methyl sites for hydroxylation is 1. The molecule has 0 amide bonds. The van der Waals surface area contributed by atoms with Crippen molar-refractivity contribution in [2.24, 2.45) is 0 Å². The first-order valence-corrected chi connectivity index (χ1v) is 5.64. The summed E-state index contributed by atoms with van der Waals surface area (Å²) in [6, 6.07) is 8.04. The van der Waals surface area contributed by atoms with Crippen molar-refractivity contribution < 1.29 is 0 Å². The molecule has 17 heavy (non-hydrogen) atoms. The first-order chi connectivity index (χ1) is 8.20. The van der Waals surface area contributed by atoms with Gasteiger partial charge in [-0.15, -0.1) is 12.3 Å². The molecule has 1 unspecified atom stereocenters. The first kappa shape index (κ1) is 11.4. The van der Waals surface area contributed by atoms with E-state index >= 15 is 0 Å². The smallest absolute Gasteiger partial charge is 0.148 e. The lowest BCUT2D eigenvalue weighted by Crippen LogP contribution is -2.16. The predicted octanol–water partition coefficient (Wildman–Crippen LogP) is 2.76. The van der Waals surface area contributed by atoms with E-state index in [4.69, 9.17) is 6.42 Å². The summed E-state index contributed by atoms with van der Waals surface area (Å²) in [5.41, 5.74) is 2.71. The number of rotatable bonds is 3. The highest BCUT2D eigenvalue weighted by molar-refractivity contribution is 5.76. The van der Waals surface area contributed by atoms with Gasteiger partial charge >= 0.3 is 0 Å². The number of para-hydroxylation sites is 2. The summed E-state index contributed by atoms with van der Waals surface area (Å²) < 4.78 is 0. The summed E-state index contributed by atoms with van der Waals surface area (Å²) in [6.45, 7) is 3.99. The molecule has 0 saturated heterocycles. The number of hydrogen-bond donors (Lipinski definition) is 1. The molecule has 0 fully saturated rings. The number of nitrogens with one attached hydrogen (secondary N) is 1. The number of anilines is 1. The van der Waals surface area contributed by atoms with E-state index in [0.717, 1.165) is 22.5 Å². The summed E-state index contributed by atoms with van der Waals surface area (Å²) in [6.07, 6.45) is 5.96. The Hall–Kier alpha value is -2.08. The Morgan fingerprint density at radius 1 is 1.29 bits per heavy atom. The van der Waals surface area contributed by atoms with Crippen molar-refractivity contribution in [1.29, 1.82) is 0 Å². The van der Waals surface area contributed by atoms with Crippen LogP contribution < -0.4 is 5.32 Å². The van der Waals surface area contributed by atoms with Crippen LogP contribution in [0.5, 0.6) is 0 Å². The fourth-order valence-electron chi connectivity index (χ4n) is 1.69. The van der Waals surface area contributed by atoms with Gasteiger partial charge in [-0.1, -0.05) is 12.1 Å². The van der Waals surface area contributed by atoms with Gasteiger partial charge in [0.2, 0.25) is 0 Å². The van der Waals surface area contributed by atoms with Crippen LogP contribution in [-0.4, -0.2) is 16.0 Å². The van der Waals surface area contributed by atoms with Crippen LogP contribution in [0.25, 0.3) is 11.0 Å². The van der Waals surface area contributed by atoms with Gasteiger partial charge in [0.25, 0.3) is 0 Å². The molecule has 0 spiro atoms. The molecule has 1 N–H and O–H groups in total. The number of hydrogen-bond acceptors (Lipinski definition) is 3. The van der Waals surface area contributed by atoms with Gasteiger partial charge in [0, 0.05) is 12.5 Å². The largest absolute Gasteiger partial charge is 0.365 e. The Kier molecular flexibility index (Phi) is 3.24. The summed E-state index contributed by atoms with van der Waals surface area (Å²) in [5, 5.41) is 3.29. The highest BCUT2D eigenvalue weighted by Gasteiger charge is 2.07. The fraction of sp³-hybridized carbons (Fsp3) is 0.286. The molecular weight excluding hydrogens is 210 g/mol. The third-order valence-corrected chi connectivity index (χ3v) is 2.55. The number of aromatic nitrogens is 2. The molecule has 1 atom stereocenters. The van der Waals surface area contributed by atoms with E-state index in [1.807, 2.05) is 38.1 Å². The maximum absolute atomic E-state index is 5.29. The van der Waals surface area contributed by atoms with Crippen LogP contribution in [0.1, 0.15) is 19.0 Å². The summed E-state index contributed by atoms with van der Waals surface area (Å²) in [7, 11) is 0. The topological polar surface area (TPSA) is 37.8 Å². The van der Waals surface area contributed by atoms with Crippen molar-refractivity contribution >= 4 is 16.9 Å². The van der Waals surface area contributed by atoms with Gasteiger partial charge < -0.3 is 5.32 Å². The maximum atomic E-state index is 5.29. The Morgan fingerprint density at radius 3 is 2.59 bits per heavy atom. The minimum Gasteiger partial charge on any atom is -0.365 e. The SMILES string of the molecule is C#CCC(C)Nc1nc2ccccc2nc1C. The van der Waals surface area contributed by atoms with Crippen LogP contribution in [0, 0.1) is 19.3 Å². The molecular formula is C14H15N3. The van der Waals surface area contributed by atoms with Crippen LogP contribution in [0.2, 0.25) is 0 Å². The third kappa shape index (κ3) is 2.54. The second-order valence-electron chi connectivity index (χ2n) is 4.10. The van der Waals surface area contributed by atoms with Crippen LogP contribution in [0.3, 0.4) is 0 Å². The Balaban J connectivity index is 2.34. The van der Waals surface area contributed by atoms with Crippen LogP contribution >= 0.6 is 0 Å². The lowest BCUT2D eigenvalue weighted by Gasteiger charge is -2.13. The van der Waals surface area contributed by atoms with E-state index in [9.17, 15) is 0 Å². The molecule has 1 heterocycles. The number of benzene rings is 1. The molecule has 2 aromatic rings. The molecule has 0 radical (unpaired) electrons. The lowest BCUT2D eigenvalue weighted by molar-refractivity contribution is 0.818. The summed E-state index contributed by atoms with van der Waals surface area (Å²) in [5.74, 6) is 3.45. The van der Waals surface area contributed by atoms with Crippen molar-refractivity contribution in [2.45, 2.75) is 26.3 Å². The van der Waals surface area contributed by atoms with Gasteiger partial charge in [0.15, 0.2) is 0 Å². The second-order valence-corrected chi connectivity index (χ2v) is 4.10. The van der Waals surface area contributed by atoms with Crippen molar-refractivity contribution in [1.82, 2.24) is 9.97 Å². The standard InChI is InChI=1S/C14H15N3/c1-4-7-10(2)15-14-11(3)16-12-8-5-6-9-13(12)17-14/h1,5-6,8-10H,7H2,2-3H3,(H,15,17). The van der Waals surface area contributed by atoms with E-state index in [0.29, 0.717) is 6.42 Å². The molecule has 3 nitrogen and oxygen atoms in total. The van der Waals surface area contributed by atoms with E-state index in [-0.39, 0.29) is 6.04 Å². The normalized spacial score (nSPS) is 12.1. The molecule has 0 aliphatic carbocycles. The van der Waals surface area contributed by atoms with Crippen molar-refractivity contribution in [3.63, 3.8) is 0 Å². The zero-order valence-electron chi connectivity index (χ0n) is 10.1. The average Bonchev–Trinajstić information content (AvgIpc) is 2.30. The number of nitrogens with zero attached hydrogens (tertiary/aromatic N) is 2. The van der Waals surface area contributed by atoms with Crippen LogP contribution in [-0.2, 0) is 0 Å². The predicted molar refractivity (Wildman–Crippen MR) is 70.8 cm³/mol. The molecule has 0 bridgehead atoms. The first-order valence-electron chi connectivity index (χ1n) is 5.64. The summed E-state index contributed by atoms with van der Waals surface area (Å²) in [4.78, 5) is 9.07. The molecule has 0 aliphatic heterocycles. The van der Waals surface area contributed by atoms with Gasteiger partial charge in [0.05, 0.1) is 16.7 Å². The van der Waals surface area contributed by atoms with Crippen molar-refractivity contribution in [2.75, 3.05) is 5.32 Å². The number of fused-ring (bicyclic) bond motifs is 1. The molecule has 1 aromatic carbocycles. The van der Waals surface area contributed by atoms with Gasteiger partial charge in [-0.2, -0.15) is 0 Å². The van der Waals surface area contributed by atoms with E-state index in [2.05, 4.69) is 21.2 Å². The second kappa shape index (κ2) is 4.84. The van der Waals surface area contributed by atoms with E-state index in [1.165, 1.54) is 0 Å². The van der Waals surface area contributed by atoms with Gasteiger partial charge in [0.1, 0.15) is 5.82 Å². The molecule has 2 rings (SSSR count). The lowest BCUT2D eigenvalue weighted by atomic mass is 10.2. The van der Waals surface area contributed by atoms with Crippen molar-refractivity contribution in [3.8, 4) is 12.3 Å². The Bertz CT molecular complexity index is 569. The minimum atomic E-state index is 0.203. The Morgan fingerprint density at radius 2 is 1.94 bits per heavy atom. The van der Waals surface area contributed by atoms with Crippen LogP contribution in [0.15, 0.2) is 24.3 Å². The molecule has 0 saturated carbocycles. The number of terminal acetylenes is 1. The van der Waals surface area contributed by atoms with E-state index in [1.54, 1.807) is 0 Å².